The van der Waals surface area contributed by atoms with Gasteiger partial charge in [0.2, 0.25) is 0 Å². The lowest BCUT2D eigenvalue weighted by molar-refractivity contribution is 0.416. The molecule has 66 valence electrons. The maximum Gasteiger partial charge on any atom is 0.160 e. The highest BCUT2D eigenvalue weighted by Gasteiger charge is 2.12. The molecule has 4 nitrogen and oxygen atoms in total. The lowest BCUT2D eigenvalue weighted by atomic mass is 10.3. The van der Waals surface area contributed by atoms with Crippen molar-refractivity contribution in [2.45, 2.75) is 0 Å². The molecule has 0 unspecified atom stereocenters. The number of methoxy groups -OCH3 is 1. The molecule has 13 heavy (non-hydrogen) atoms. The standard InChI is InChI=1S/C9H9N3O/c1-6-5-11-8-7(13-2)3-4-10-9(8)12-6/h3-5H,1H2,2H3,(H,10,12). The first-order valence-electron chi connectivity index (χ1n) is 3.84. The van der Waals surface area contributed by atoms with Crippen LogP contribution < -0.4 is 10.1 Å². The molecular formula is C9H9N3O. The third-order valence-electron chi connectivity index (χ3n) is 1.74. The molecule has 1 aliphatic rings. The number of aliphatic imine (C=N–C) groups is 1. The van der Waals surface area contributed by atoms with Crippen molar-refractivity contribution < 1.29 is 4.74 Å². The number of hydrogen-bond donors (Lipinski definition) is 1. The fourth-order valence-corrected chi connectivity index (χ4v) is 1.14. The number of allylic oxidation sites excluding steroid dienone is 1. The quantitative estimate of drug-likeness (QED) is 0.707. The number of nitrogens with one attached hydrogen (secondary N) is 1. The van der Waals surface area contributed by atoms with E-state index in [2.05, 4.69) is 21.9 Å². The molecule has 0 bridgehead atoms. The summed E-state index contributed by atoms with van der Waals surface area (Å²) in [6.45, 7) is 3.73. The molecule has 1 aliphatic heterocycles. The first-order chi connectivity index (χ1) is 6.31. The second kappa shape index (κ2) is 2.90. The third-order valence-corrected chi connectivity index (χ3v) is 1.74. The molecule has 1 aromatic rings. The zero-order chi connectivity index (χ0) is 9.26. The van der Waals surface area contributed by atoms with Crippen molar-refractivity contribution >= 4 is 17.7 Å². The Morgan fingerprint density at radius 2 is 2.38 bits per heavy atom. The highest BCUT2D eigenvalue weighted by Crippen LogP contribution is 2.35. The summed E-state index contributed by atoms with van der Waals surface area (Å²) >= 11 is 0. The van der Waals surface area contributed by atoms with Crippen molar-refractivity contribution in [3.8, 4) is 5.75 Å². The van der Waals surface area contributed by atoms with Gasteiger partial charge in [-0.1, -0.05) is 6.58 Å². The van der Waals surface area contributed by atoms with E-state index in [1.54, 1.807) is 25.6 Å². The molecule has 0 aromatic carbocycles. The molecule has 0 saturated carbocycles. The molecular weight excluding hydrogens is 166 g/mol. The number of nitrogens with zero attached hydrogens (tertiary/aromatic N) is 2. The Kier molecular flexibility index (Phi) is 1.73. The van der Waals surface area contributed by atoms with Gasteiger partial charge in [-0.25, -0.2) is 9.98 Å². The van der Waals surface area contributed by atoms with Gasteiger partial charge >= 0.3 is 0 Å². The molecule has 0 aliphatic carbocycles. The summed E-state index contributed by atoms with van der Waals surface area (Å²) in [6, 6.07) is 1.77. The van der Waals surface area contributed by atoms with Crippen LogP contribution in [0, 0.1) is 0 Å². The molecule has 2 heterocycles. The second-order valence-corrected chi connectivity index (χ2v) is 2.62. The number of anilines is 1. The molecule has 1 aromatic heterocycles. The zero-order valence-corrected chi connectivity index (χ0v) is 7.24. The smallest absolute Gasteiger partial charge is 0.160 e. The van der Waals surface area contributed by atoms with Gasteiger partial charge in [-0.15, -0.1) is 0 Å². The van der Waals surface area contributed by atoms with E-state index in [-0.39, 0.29) is 0 Å². The number of ether oxygens (including phenoxy) is 1. The normalized spacial score (nSPS) is 13.5. The minimum Gasteiger partial charge on any atom is -0.494 e. The van der Waals surface area contributed by atoms with Gasteiger partial charge in [0.05, 0.1) is 19.0 Å². The average Bonchev–Trinajstić information content (AvgIpc) is 2.16. The molecule has 0 fully saturated rings. The lowest BCUT2D eigenvalue weighted by Crippen LogP contribution is -2.05. The Morgan fingerprint density at radius 3 is 3.15 bits per heavy atom. The van der Waals surface area contributed by atoms with Gasteiger partial charge in [-0.2, -0.15) is 0 Å². The lowest BCUT2D eigenvalue weighted by Gasteiger charge is -2.14. The summed E-state index contributed by atoms with van der Waals surface area (Å²) in [5, 5.41) is 3.00. The van der Waals surface area contributed by atoms with E-state index < -0.39 is 0 Å². The van der Waals surface area contributed by atoms with Crippen LogP contribution in [-0.4, -0.2) is 18.3 Å². The molecule has 0 radical (unpaired) electrons. The number of hydrogen-bond acceptors (Lipinski definition) is 4. The van der Waals surface area contributed by atoms with Crippen LogP contribution in [0.15, 0.2) is 29.5 Å². The topological polar surface area (TPSA) is 46.5 Å². The summed E-state index contributed by atoms with van der Waals surface area (Å²) in [5.74, 6) is 1.40. The fraction of sp³-hybridized carbons (Fsp3) is 0.111. The first kappa shape index (κ1) is 7.79. The van der Waals surface area contributed by atoms with Gasteiger partial charge < -0.3 is 10.1 Å². The predicted octanol–water partition coefficient (Wildman–Crippen LogP) is 1.73. The molecule has 0 spiro atoms. The van der Waals surface area contributed by atoms with E-state index in [9.17, 15) is 0 Å². The average molecular weight is 175 g/mol. The van der Waals surface area contributed by atoms with Crippen LogP contribution >= 0.6 is 0 Å². The Balaban J connectivity index is 2.55. The summed E-state index contributed by atoms with van der Waals surface area (Å²) in [7, 11) is 1.61. The van der Waals surface area contributed by atoms with E-state index in [1.807, 2.05) is 0 Å². The van der Waals surface area contributed by atoms with Crippen molar-refractivity contribution in [1.82, 2.24) is 4.98 Å². The van der Waals surface area contributed by atoms with Crippen LogP contribution in [-0.2, 0) is 0 Å². The van der Waals surface area contributed by atoms with Crippen molar-refractivity contribution in [2.24, 2.45) is 4.99 Å². The van der Waals surface area contributed by atoms with Crippen molar-refractivity contribution in [2.75, 3.05) is 12.4 Å². The van der Waals surface area contributed by atoms with Gasteiger partial charge in [0.15, 0.2) is 5.82 Å². The van der Waals surface area contributed by atoms with Crippen molar-refractivity contribution in [1.29, 1.82) is 0 Å². The Labute approximate surface area is 76.0 Å². The van der Waals surface area contributed by atoms with E-state index in [0.29, 0.717) is 11.6 Å². The number of aromatic nitrogens is 1. The van der Waals surface area contributed by atoms with Gasteiger partial charge in [-0.05, 0) is 0 Å². The van der Waals surface area contributed by atoms with Crippen molar-refractivity contribution in [3.63, 3.8) is 0 Å². The van der Waals surface area contributed by atoms with Crippen molar-refractivity contribution in [3.05, 3.63) is 24.5 Å². The zero-order valence-electron chi connectivity index (χ0n) is 7.24. The number of pyridine rings is 1. The van der Waals surface area contributed by atoms with Crippen LogP contribution in [0.5, 0.6) is 5.75 Å². The predicted molar refractivity (Wildman–Crippen MR) is 51.7 cm³/mol. The largest absolute Gasteiger partial charge is 0.494 e. The van der Waals surface area contributed by atoms with Crippen LogP contribution in [0.2, 0.25) is 0 Å². The summed E-state index contributed by atoms with van der Waals surface area (Å²) < 4.78 is 5.12. The molecule has 0 amide bonds. The summed E-state index contributed by atoms with van der Waals surface area (Å²) in [5.41, 5.74) is 1.45. The highest BCUT2D eigenvalue weighted by atomic mass is 16.5. The Morgan fingerprint density at radius 1 is 1.54 bits per heavy atom. The fourth-order valence-electron chi connectivity index (χ4n) is 1.14. The third kappa shape index (κ3) is 1.26. The van der Waals surface area contributed by atoms with Crippen LogP contribution in [0.1, 0.15) is 0 Å². The molecule has 1 N–H and O–H groups in total. The van der Waals surface area contributed by atoms with E-state index >= 15 is 0 Å². The Bertz CT molecular complexity index is 384. The maximum absolute atomic E-state index is 5.12. The minimum absolute atomic E-state index is 0.687. The Hall–Kier alpha value is -1.84. The molecule has 2 rings (SSSR count). The van der Waals surface area contributed by atoms with Crippen LogP contribution in [0.4, 0.5) is 11.5 Å². The highest BCUT2D eigenvalue weighted by molar-refractivity contribution is 5.91. The minimum atomic E-state index is 0.687. The van der Waals surface area contributed by atoms with Gasteiger partial charge in [-0.3, -0.25) is 0 Å². The molecule has 0 atom stereocenters. The van der Waals surface area contributed by atoms with E-state index in [4.69, 9.17) is 4.74 Å². The van der Waals surface area contributed by atoms with Gasteiger partial charge in [0.1, 0.15) is 11.4 Å². The van der Waals surface area contributed by atoms with E-state index in [0.717, 1.165) is 11.4 Å². The van der Waals surface area contributed by atoms with Gasteiger partial charge in [0.25, 0.3) is 0 Å². The van der Waals surface area contributed by atoms with E-state index in [1.165, 1.54) is 0 Å². The number of fused-ring (bicyclic) bond motifs is 1. The summed E-state index contributed by atoms with van der Waals surface area (Å²) in [6.07, 6.45) is 3.31. The van der Waals surface area contributed by atoms with Gasteiger partial charge in [0, 0.05) is 12.3 Å². The molecule has 4 heteroatoms. The monoisotopic (exact) mass is 175 g/mol. The number of rotatable bonds is 1. The molecule has 0 saturated heterocycles. The van der Waals surface area contributed by atoms with Crippen LogP contribution in [0.3, 0.4) is 0 Å². The second-order valence-electron chi connectivity index (χ2n) is 2.62. The SMILES string of the molecule is C=C1C=Nc2c(OC)ccnc2N1. The van der Waals surface area contributed by atoms with Crippen LogP contribution in [0.25, 0.3) is 0 Å². The summed E-state index contributed by atoms with van der Waals surface area (Å²) in [4.78, 5) is 8.28. The maximum atomic E-state index is 5.12. The first-order valence-corrected chi connectivity index (χ1v) is 3.84.